The summed E-state index contributed by atoms with van der Waals surface area (Å²) in [5.74, 6) is -0.0810. The Kier molecular flexibility index (Phi) is 3.23. The normalized spacial score (nSPS) is 22.1. The van der Waals surface area contributed by atoms with Gasteiger partial charge in [-0.2, -0.15) is 9.40 Å². The van der Waals surface area contributed by atoms with E-state index in [1.54, 1.807) is 0 Å². The van der Waals surface area contributed by atoms with E-state index in [1.165, 1.54) is 16.6 Å². The summed E-state index contributed by atoms with van der Waals surface area (Å²) >= 11 is 0. The lowest BCUT2D eigenvalue weighted by molar-refractivity contribution is 0.432. The van der Waals surface area contributed by atoms with Crippen LogP contribution in [0.1, 0.15) is 6.42 Å². The molecule has 2 heterocycles. The fourth-order valence-electron chi connectivity index (χ4n) is 1.68. The van der Waals surface area contributed by atoms with Crippen molar-refractivity contribution in [1.82, 2.24) is 14.5 Å². The van der Waals surface area contributed by atoms with Gasteiger partial charge in [0.25, 0.3) is 10.0 Å². The third kappa shape index (κ3) is 2.67. The van der Waals surface area contributed by atoms with Gasteiger partial charge in [-0.25, -0.2) is 16.8 Å². The predicted molar refractivity (Wildman–Crippen MR) is 60.6 cm³/mol. The summed E-state index contributed by atoms with van der Waals surface area (Å²) in [6.07, 6.45) is 1.68. The van der Waals surface area contributed by atoms with Crippen molar-refractivity contribution in [3.63, 3.8) is 0 Å². The van der Waals surface area contributed by atoms with E-state index in [9.17, 15) is 16.8 Å². The van der Waals surface area contributed by atoms with Crippen molar-refractivity contribution < 1.29 is 16.8 Å². The SMILES string of the molecule is O=S1(=O)CCCN(S(=O)(=O)c2ccn[nH]2)CC1. The van der Waals surface area contributed by atoms with Gasteiger partial charge in [-0.15, -0.1) is 0 Å². The maximum Gasteiger partial charge on any atom is 0.259 e. The van der Waals surface area contributed by atoms with Gasteiger partial charge < -0.3 is 0 Å². The fraction of sp³-hybridized carbons (Fsp3) is 0.625. The van der Waals surface area contributed by atoms with E-state index in [0.717, 1.165) is 0 Å². The number of aromatic nitrogens is 2. The van der Waals surface area contributed by atoms with Gasteiger partial charge in [0.05, 0.1) is 17.7 Å². The summed E-state index contributed by atoms with van der Waals surface area (Å²) < 4.78 is 48.1. The van der Waals surface area contributed by atoms with Crippen LogP contribution in [0.3, 0.4) is 0 Å². The van der Waals surface area contributed by atoms with Crippen LogP contribution in [0.5, 0.6) is 0 Å². The van der Waals surface area contributed by atoms with E-state index in [4.69, 9.17) is 0 Å². The van der Waals surface area contributed by atoms with Crippen LogP contribution in [0.2, 0.25) is 0 Å². The summed E-state index contributed by atoms with van der Waals surface area (Å²) in [5, 5.41) is 5.97. The first-order valence-corrected chi connectivity index (χ1v) is 8.38. The molecule has 0 aromatic carbocycles. The Balaban J connectivity index is 2.24. The minimum absolute atomic E-state index is 0.00296. The summed E-state index contributed by atoms with van der Waals surface area (Å²) in [6, 6.07) is 1.36. The molecule has 1 saturated heterocycles. The summed E-state index contributed by atoms with van der Waals surface area (Å²) in [7, 11) is -6.75. The molecule has 17 heavy (non-hydrogen) atoms. The Hall–Kier alpha value is -0.930. The van der Waals surface area contributed by atoms with Crippen LogP contribution >= 0.6 is 0 Å². The maximum atomic E-state index is 12.1. The van der Waals surface area contributed by atoms with Gasteiger partial charge in [0.1, 0.15) is 0 Å². The number of aromatic amines is 1. The number of rotatable bonds is 2. The molecule has 9 heteroatoms. The largest absolute Gasteiger partial charge is 0.266 e. The Morgan fingerprint density at radius 3 is 2.71 bits per heavy atom. The molecular formula is C8H13N3O4S2. The standard InChI is InChI=1S/C8H13N3O4S2/c12-16(13)6-1-4-11(5-7-16)17(14,15)8-2-3-9-10-8/h2-3H,1,4-7H2,(H,9,10). The van der Waals surface area contributed by atoms with Crippen molar-refractivity contribution in [2.45, 2.75) is 11.4 Å². The van der Waals surface area contributed by atoms with Gasteiger partial charge in [-0.05, 0) is 12.5 Å². The van der Waals surface area contributed by atoms with Crippen LogP contribution < -0.4 is 0 Å². The van der Waals surface area contributed by atoms with Gasteiger partial charge in [-0.1, -0.05) is 0 Å². The Labute approximate surface area is 99.8 Å². The van der Waals surface area contributed by atoms with Crippen molar-refractivity contribution >= 4 is 19.9 Å². The van der Waals surface area contributed by atoms with Crippen molar-refractivity contribution in [3.8, 4) is 0 Å². The molecule has 96 valence electrons. The lowest BCUT2D eigenvalue weighted by atomic mass is 10.5. The number of hydrogen-bond acceptors (Lipinski definition) is 5. The molecule has 0 aliphatic carbocycles. The fourth-order valence-corrected chi connectivity index (χ4v) is 4.45. The molecule has 1 aliphatic heterocycles. The van der Waals surface area contributed by atoms with Crippen LogP contribution in [-0.4, -0.2) is 55.9 Å². The van der Waals surface area contributed by atoms with Crippen LogP contribution in [0, 0.1) is 0 Å². The molecule has 1 aliphatic rings. The van der Waals surface area contributed by atoms with E-state index in [2.05, 4.69) is 10.2 Å². The highest BCUT2D eigenvalue weighted by Gasteiger charge is 2.29. The number of H-pyrrole nitrogens is 1. The zero-order valence-electron chi connectivity index (χ0n) is 9.03. The molecule has 1 fully saturated rings. The number of sulfone groups is 1. The molecule has 0 bridgehead atoms. The first-order chi connectivity index (χ1) is 7.92. The van der Waals surface area contributed by atoms with Gasteiger partial charge in [0.2, 0.25) is 0 Å². The Morgan fingerprint density at radius 2 is 2.06 bits per heavy atom. The molecule has 1 N–H and O–H groups in total. The van der Waals surface area contributed by atoms with Crippen molar-refractivity contribution in [2.24, 2.45) is 0 Å². The molecule has 0 atom stereocenters. The number of sulfonamides is 1. The third-order valence-electron chi connectivity index (χ3n) is 2.61. The summed E-state index contributed by atoms with van der Waals surface area (Å²) in [4.78, 5) is 0. The average molecular weight is 279 g/mol. The summed E-state index contributed by atoms with van der Waals surface area (Å²) in [5.41, 5.74) is 0. The van der Waals surface area contributed by atoms with E-state index >= 15 is 0 Å². The highest BCUT2D eigenvalue weighted by Crippen LogP contribution is 2.15. The van der Waals surface area contributed by atoms with Gasteiger partial charge in [0.15, 0.2) is 14.9 Å². The number of nitrogens with one attached hydrogen (secondary N) is 1. The number of hydrogen-bond donors (Lipinski definition) is 1. The van der Waals surface area contributed by atoms with Crippen LogP contribution in [0.25, 0.3) is 0 Å². The second-order valence-corrected chi connectivity index (χ2v) is 8.04. The van der Waals surface area contributed by atoms with E-state index < -0.39 is 19.9 Å². The van der Waals surface area contributed by atoms with Crippen LogP contribution in [0.15, 0.2) is 17.3 Å². The molecule has 0 unspecified atom stereocenters. The molecule has 0 radical (unpaired) electrons. The van der Waals surface area contributed by atoms with Gasteiger partial charge >= 0.3 is 0 Å². The van der Waals surface area contributed by atoms with E-state index in [-0.39, 0.29) is 29.6 Å². The third-order valence-corrected chi connectivity index (χ3v) is 6.15. The Bertz CT molecular complexity index is 576. The average Bonchev–Trinajstić information content (AvgIpc) is 2.70. The summed E-state index contributed by atoms with van der Waals surface area (Å²) in [6.45, 7) is 0.226. The first-order valence-electron chi connectivity index (χ1n) is 5.12. The van der Waals surface area contributed by atoms with E-state index in [1.807, 2.05) is 0 Å². The van der Waals surface area contributed by atoms with E-state index in [0.29, 0.717) is 6.42 Å². The molecule has 2 rings (SSSR count). The van der Waals surface area contributed by atoms with Crippen LogP contribution in [0.4, 0.5) is 0 Å². The smallest absolute Gasteiger partial charge is 0.259 e. The zero-order valence-corrected chi connectivity index (χ0v) is 10.7. The minimum atomic E-state index is -3.64. The molecule has 7 nitrogen and oxygen atoms in total. The lowest BCUT2D eigenvalue weighted by Crippen LogP contribution is -2.33. The maximum absolute atomic E-state index is 12.1. The molecule has 0 spiro atoms. The second-order valence-electron chi connectivity index (χ2n) is 3.83. The predicted octanol–water partition coefficient (Wildman–Crippen LogP) is -0.781. The van der Waals surface area contributed by atoms with Crippen molar-refractivity contribution in [1.29, 1.82) is 0 Å². The van der Waals surface area contributed by atoms with Gasteiger partial charge in [0, 0.05) is 13.1 Å². The molecular weight excluding hydrogens is 266 g/mol. The first kappa shape index (κ1) is 12.5. The van der Waals surface area contributed by atoms with Crippen LogP contribution in [-0.2, 0) is 19.9 Å². The highest BCUT2D eigenvalue weighted by atomic mass is 32.2. The quantitative estimate of drug-likeness (QED) is 0.765. The highest BCUT2D eigenvalue weighted by molar-refractivity contribution is 7.91. The zero-order chi connectivity index (χ0) is 12.5. The number of nitrogens with zero attached hydrogens (tertiary/aromatic N) is 2. The van der Waals surface area contributed by atoms with Gasteiger partial charge in [-0.3, -0.25) is 5.10 Å². The van der Waals surface area contributed by atoms with Crippen molar-refractivity contribution in [3.05, 3.63) is 12.3 Å². The lowest BCUT2D eigenvalue weighted by Gasteiger charge is -2.17. The molecule has 0 saturated carbocycles. The monoisotopic (exact) mass is 279 g/mol. The topological polar surface area (TPSA) is 100 Å². The molecule has 1 aromatic rings. The minimum Gasteiger partial charge on any atom is -0.266 e. The van der Waals surface area contributed by atoms with Crippen molar-refractivity contribution in [2.75, 3.05) is 24.6 Å². The molecule has 1 aromatic heterocycles. The Morgan fingerprint density at radius 1 is 1.29 bits per heavy atom. The molecule has 0 amide bonds. The second kappa shape index (κ2) is 4.39.